The number of rotatable bonds is 5. The summed E-state index contributed by atoms with van der Waals surface area (Å²) < 4.78 is 4.88. The lowest BCUT2D eigenvalue weighted by Crippen LogP contribution is -1.77. The Labute approximate surface area is 55.5 Å². The number of hydrogen-bond acceptors (Lipinski definition) is 2. The fourth-order valence-corrected chi connectivity index (χ4v) is 0.397. The van der Waals surface area contributed by atoms with Crippen molar-refractivity contribution in [3.05, 3.63) is 12.3 Å². The fourth-order valence-electron chi connectivity index (χ4n) is 0.397. The maximum Gasteiger partial charge on any atom is 0.120 e. The largest absolute Gasteiger partial charge is 0.502 e. The van der Waals surface area contributed by atoms with Crippen LogP contribution < -0.4 is 0 Å². The van der Waals surface area contributed by atoms with Gasteiger partial charge in [0.15, 0.2) is 0 Å². The van der Waals surface area contributed by atoms with Crippen molar-refractivity contribution < 1.29 is 9.53 Å². The van der Waals surface area contributed by atoms with Crippen LogP contribution in [0.15, 0.2) is 12.3 Å². The smallest absolute Gasteiger partial charge is 0.120 e. The van der Waals surface area contributed by atoms with E-state index >= 15 is 0 Å². The molecule has 0 aromatic heterocycles. The molecule has 0 aromatic rings. The van der Waals surface area contributed by atoms with E-state index in [0.29, 0.717) is 13.0 Å². The van der Waals surface area contributed by atoms with Gasteiger partial charge in [-0.1, -0.05) is 0 Å². The van der Waals surface area contributed by atoms with Gasteiger partial charge in [0.1, 0.15) is 6.29 Å². The van der Waals surface area contributed by atoms with Gasteiger partial charge in [-0.15, -0.1) is 0 Å². The third-order valence-corrected chi connectivity index (χ3v) is 0.810. The van der Waals surface area contributed by atoms with Crippen LogP contribution in [0.4, 0.5) is 0 Å². The fraction of sp³-hybridized carbons (Fsp3) is 0.571. The molecular formula is C7H12O2. The molecule has 0 aliphatic heterocycles. The second-order valence-corrected chi connectivity index (χ2v) is 1.57. The average Bonchev–Trinajstić information content (AvgIpc) is 1.89. The van der Waals surface area contributed by atoms with E-state index in [1.54, 1.807) is 6.26 Å². The molecule has 2 nitrogen and oxygen atoms in total. The highest BCUT2D eigenvalue weighted by molar-refractivity contribution is 5.49. The Morgan fingerprint density at radius 1 is 1.44 bits per heavy atom. The molecule has 0 unspecified atom stereocenters. The first-order valence-electron chi connectivity index (χ1n) is 3.12. The third kappa shape index (κ3) is 7.21. The maximum absolute atomic E-state index is 9.76. The normalized spacial score (nSPS) is 9.89. The number of aldehydes is 1. The van der Waals surface area contributed by atoms with Gasteiger partial charge in [0.2, 0.25) is 0 Å². The van der Waals surface area contributed by atoms with Gasteiger partial charge in [-0.25, -0.2) is 0 Å². The molecule has 0 bridgehead atoms. The van der Waals surface area contributed by atoms with E-state index < -0.39 is 0 Å². The van der Waals surface area contributed by atoms with Crippen LogP contribution in [-0.2, 0) is 9.53 Å². The summed E-state index contributed by atoms with van der Waals surface area (Å²) in [5, 5.41) is 0. The summed E-state index contributed by atoms with van der Waals surface area (Å²) in [7, 11) is 0. The standard InChI is InChI=1S/C7H12O2/c1-2-9-7-5-3-4-6-8/h5-7H,2-4H2,1H3/b7-5+. The molecule has 0 amide bonds. The van der Waals surface area contributed by atoms with Gasteiger partial charge in [-0.2, -0.15) is 0 Å². The summed E-state index contributed by atoms with van der Waals surface area (Å²) in [4.78, 5) is 9.76. The highest BCUT2D eigenvalue weighted by Gasteiger charge is 1.75. The molecule has 52 valence electrons. The summed E-state index contributed by atoms with van der Waals surface area (Å²) in [6, 6.07) is 0. The molecule has 0 aliphatic carbocycles. The van der Waals surface area contributed by atoms with Crippen LogP contribution in [0.25, 0.3) is 0 Å². The van der Waals surface area contributed by atoms with Crippen molar-refractivity contribution in [1.29, 1.82) is 0 Å². The van der Waals surface area contributed by atoms with Crippen molar-refractivity contribution in [3.63, 3.8) is 0 Å². The van der Waals surface area contributed by atoms with Gasteiger partial charge in [-0.3, -0.25) is 0 Å². The van der Waals surface area contributed by atoms with E-state index in [1.165, 1.54) is 0 Å². The molecule has 2 heteroatoms. The molecule has 0 heterocycles. The quantitative estimate of drug-likeness (QED) is 0.319. The zero-order valence-electron chi connectivity index (χ0n) is 5.67. The van der Waals surface area contributed by atoms with E-state index in [-0.39, 0.29) is 0 Å². The molecule has 0 saturated carbocycles. The van der Waals surface area contributed by atoms with Gasteiger partial charge < -0.3 is 9.53 Å². The van der Waals surface area contributed by atoms with Gasteiger partial charge in [0.05, 0.1) is 12.9 Å². The minimum absolute atomic E-state index is 0.587. The summed E-state index contributed by atoms with van der Waals surface area (Å²) in [6.07, 6.45) is 5.74. The summed E-state index contributed by atoms with van der Waals surface area (Å²) >= 11 is 0. The van der Waals surface area contributed by atoms with Gasteiger partial charge >= 0.3 is 0 Å². The second kappa shape index (κ2) is 7.21. The van der Waals surface area contributed by atoms with E-state index in [1.807, 2.05) is 13.0 Å². The SMILES string of the molecule is CCO/C=C/CCC=O. The molecule has 0 N–H and O–H groups in total. The van der Waals surface area contributed by atoms with Crippen molar-refractivity contribution in [2.75, 3.05) is 6.61 Å². The number of ether oxygens (including phenoxy) is 1. The van der Waals surface area contributed by atoms with E-state index in [0.717, 1.165) is 12.7 Å². The number of carbonyl (C=O) groups excluding carboxylic acids is 1. The molecule has 0 aliphatic rings. The molecule has 0 fully saturated rings. The Bertz CT molecular complexity index is 86.9. The van der Waals surface area contributed by atoms with E-state index in [2.05, 4.69) is 0 Å². The first-order valence-corrected chi connectivity index (χ1v) is 3.12. The predicted octanol–water partition coefficient (Wildman–Crippen LogP) is 1.52. The molecular weight excluding hydrogens is 116 g/mol. The lowest BCUT2D eigenvalue weighted by molar-refractivity contribution is -0.107. The monoisotopic (exact) mass is 128 g/mol. The molecule has 0 aromatic carbocycles. The van der Waals surface area contributed by atoms with Crippen LogP contribution >= 0.6 is 0 Å². The number of hydrogen-bond donors (Lipinski definition) is 0. The lowest BCUT2D eigenvalue weighted by Gasteiger charge is -1.89. The van der Waals surface area contributed by atoms with Crippen molar-refractivity contribution in [2.24, 2.45) is 0 Å². The zero-order chi connectivity index (χ0) is 6.95. The topological polar surface area (TPSA) is 26.3 Å². The minimum atomic E-state index is 0.587. The van der Waals surface area contributed by atoms with Crippen molar-refractivity contribution >= 4 is 6.29 Å². The van der Waals surface area contributed by atoms with Gasteiger partial charge in [-0.05, 0) is 19.4 Å². The van der Waals surface area contributed by atoms with Gasteiger partial charge in [0, 0.05) is 6.42 Å². The van der Waals surface area contributed by atoms with Crippen LogP contribution in [-0.4, -0.2) is 12.9 Å². The van der Waals surface area contributed by atoms with Crippen LogP contribution in [0, 0.1) is 0 Å². The third-order valence-electron chi connectivity index (χ3n) is 0.810. The Morgan fingerprint density at radius 2 is 2.22 bits per heavy atom. The minimum Gasteiger partial charge on any atom is -0.502 e. The Balaban J connectivity index is 2.94. The Kier molecular flexibility index (Phi) is 6.58. The van der Waals surface area contributed by atoms with Crippen LogP contribution in [0.1, 0.15) is 19.8 Å². The first-order chi connectivity index (χ1) is 4.41. The Morgan fingerprint density at radius 3 is 2.78 bits per heavy atom. The van der Waals surface area contributed by atoms with E-state index in [4.69, 9.17) is 4.74 Å². The molecule has 0 atom stereocenters. The number of allylic oxidation sites excluding steroid dienone is 1. The summed E-state index contributed by atoms with van der Waals surface area (Å²) in [6.45, 7) is 2.61. The van der Waals surface area contributed by atoms with Crippen molar-refractivity contribution in [3.8, 4) is 0 Å². The summed E-state index contributed by atoms with van der Waals surface area (Å²) in [5.74, 6) is 0. The average molecular weight is 128 g/mol. The first kappa shape index (κ1) is 8.21. The molecule has 9 heavy (non-hydrogen) atoms. The highest BCUT2D eigenvalue weighted by Crippen LogP contribution is 1.86. The van der Waals surface area contributed by atoms with E-state index in [9.17, 15) is 4.79 Å². The van der Waals surface area contributed by atoms with Crippen LogP contribution in [0.2, 0.25) is 0 Å². The van der Waals surface area contributed by atoms with Crippen LogP contribution in [0.5, 0.6) is 0 Å². The molecule has 0 saturated heterocycles. The number of carbonyl (C=O) groups is 1. The molecule has 0 radical (unpaired) electrons. The molecule has 0 spiro atoms. The lowest BCUT2D eigenvalue weighted by atomic mass is 10.3. The predicted molar refractivity (Wildman–Crippen MR) is 36.1 cm³/mol. The second-order valence-electron chi connectivity index (χ2n) is 1.57. The highest BCUT2D eigenvalue weighted by atomic mass is 16.5. The Hall–Kier alpha value is -0.790. The maximum atomic E-state index is 9.76. The zero-order valence-corrected chi connectivity index (χ0v) is 5.67. The number of unbranched alkanes of at least 4 members (excludes halogenated alkanes) is 1. The van der Waals surface area contributed by atoms with Gasteiger partial charge in [0.25, 0.3) is 0 Å². The summed E-state index contributed by atoms with van der Waals surface area (Å²) in [5.41, 5.74) is 0. The van der Waals surface area contributed by atoms with Crippen molar-refractivity contribution in [2.45, 2.75) is 19.8 Å². The molecule has 0 rings (SSSR count). The van der Waals surface area contributed by atoms with Crippen LogP contribution in [0.3, 0.4) is 0 Å². The van der Waals surface area contributed by atoms with Crippen molar-refractivity contribution in [1.82, 2.24) is 0 Å².